The summed E-state index contributed by atoms with van der Waals surface area (Å²) in [6.07, 6.45) is 0.239. The number of primary amides is 1. The van der Waals surface area contributed by atoms with E-state index >= 15 is 0 Å². The van der Waals surface area contributed by atoms with Crippen molar-refractivity contribution in [3.8, 4) is 5.75 Å². The lowest BCUT2D eigenvalue weighted by atomic mass is 10.0. The summed E-state index contributed by atoms with van der Waals surface area (Å²) in [5, 5.41) is 5.20. The first-order chi connectivity index (χ1) is 11.2. The van der Waals surface area contributed by atoms with Gasteiger partial charge in [0, 0.05) is 13.3 Å². The Morgan fingerprint density at radius 2 is 1.88 bits per heavy atom. The van der Waals surface area contributed by atoms with Gasteiger partial charge in [0.25, 0.3) is 0 Å². The molecule has 2 atom stereocenters. The molecule has 0 unspecified atom stereocenters. The van der Waals surface area contributed by atoms with Crippen molar-refractivity contribution < 1.29 is 19.1 Å². The maximum Gasteiger partial charge on any atom is 0.243 e. The van der Waals surface area contributed by atoms with Crippen LogP contribution < -0.4 is 21.1 Å². The molecule has 24 heavy (non-hydrogen) atoms. The molecule has 0 spiro atoms. The molecular weight excluding hydrogens is 310 g/mol. The first-order valence-corrected chi connectivity index (χ1v) is 7.74. The molecule has 0 radical (unpaired) electrons. The standard InChI is InChI=1S/C17H25N3O4/c1-10(2)15(19-11(3)21)17(23)20-14(16(18)22)9-12-6-5-7-13(8-12)24-4/h5-8,10,14-15H,9H2,1-4H3,(H2,18,22)(H,19,21)(H,20,23)/t14-,15+/m0/s1. The SMILES string of the molecule is COc1cccc(C[C@H](NC(=O)[C@H](NC(C)=O)C(C)C)C(N)=O)c1. The molecule has 132 valence electrons. The van der Waals surface area contributed by atoms with Gasteiger partial charge in [-0.25, -0.2) is 0 Å². The number of methoxy groups -OCH3 is 1. The number of carbonyl (C=O) groups excluding carboxylic acids is 3. The number of hydrogen-bond donors (Lipinski definition) is 3. The third-order valence-electron chi connectivity index (χ3n) is 3.54. The second-order valence-corrected chi connectivity index (χ2v) is 5.94. The maximum atomic E-state index is 12.4. The molecule has 1 rings (SSSR count). The van der Waals surface area contributed by atoms with Crippen LogP contribution in [0.2, 0.25) is 0 Å². The first-order valence-electron chi connectivity index (χ1n) is 7.74. The normalized spacial score (nSPS) is 13.0. The van der Waals surface area contributed by atoms with Crippen LogP contribution in [0, 0.1) is 5.92 Å². The summed E-state index contributed by atoms with van der Waals surface area (Å²) < 4.78 is 5.14. The molecule has 0 aromatic heterocycles. The van der Waals surface area contributed by atoms with E-state index in [1.807, 2.05) is 19.9 Å². The van der Waals surface area contributed by atoms with E-state index in [0.717, 1.165) is 5.56 Å². The van der Waals surface area contributed by atoms with Crippen molar-refractivity contribution in [1.82, 2.24) is 10.6 Å². The molecule has 0 aliphatic heterocycles. The van der Waals surface area contributed by atoms with Crippen molar-refractivity contribution in [2.24, 2.45) is 11.7 Å². The van der Waals surface area contributed by atoms with Crippen molar-refractivity contribution in [2.45, 2.75) is 39.3 Å². The van der Waals surface area contributed by atoms with Gasteiger partial charge < -0.3 is 21.1 Å². The van der Waals surface area contributed by atoms with Gasteiger partial charge in [0.2, 0.25) is 17.7 Å². The Bertz CT molecular complexity index is 601. The molecule has 0 saturated carbocycles. The Morgan fingerprint density at radius 3 is 2.38 bits per heavy atom. The van der Waals surface area contributed by atoms with Gasteiger partial charge in [-0.2, -0.15) is 0 Å². The van der Waals surface area contributed by atoms with Crippen LogP contribution in [0.15, 0.2) is 24.3 Å². The summed E-state index contributed by atoms with van der Waals surface area (Å²) in [5.74, 6) is -0.865. The van der Waals surface area contributed by atoms with Crippen LogP contribution in [0.4, 0.5) is 0 Å². The molecule has 7 nitrogen and oxygen atoms in total. The number of amides is 3. The lowest BCUT2D eigenvalue weighted by molar-refractivity contribution is -0.131. The molecule has 1 aromatic carbocycles. The van der Waals surface area contributed by atoms with Gasteiger partial charge in [-0.1, -0.05) is 26.0 Å². The fourth-order valence-corrected chi connectivity index (χ4v) is 2.27. The van der Waals surface area contributed by atoms with E-state index in [4.69, 9.17) is 10.5 Å². The highest BCUT2D eigenvalue weighted by atomic mass is 16.5. The molecular formula is C17H25N3O4. The van der Waals surface area contributed by atoms with Crippen LogP contribution in [-0.2, 0) is 20.8 Å². The van der Waals surface area contributed by atoms with E-state index in [1.54, 1.807) is 25.3 Å². The Kier molecular flexibility index (Phi) is 7.23. The number of carbonyl (C=O) groups is 3. The van der Waals surface area contributed by atoms with Gasteiger partial charge in [0.05, 0.1) is 7.11 Å². The quantitative estimate of drug-likeness (QED) is 0.637. The van der Waals surface area contributed by atoms with Gasteiger partial charge in [0.1, 0.15) is 17.8 Å². The fraction of sp³-hybridized carbons (Fsp3) is 0.471. The summed E-state index contributed by atoms with van der Waals surface area (Å²) in [7, 11) is 1.55. The van der Waals surface area contributed by atoms with E-state index in [0.29, 0.717) is 5.75 Å². The summed E-state index contributed by atoms with van der Waals surface area (Å²) in [6.45, 7) is 4.95. The number of hydrogen-bond acceptors (Lipinski definition) is 4. The predicted octanol–water partition coefficient (Wildman–Crippen LogP) is 0.369. The Balaban J connectivity index is 2.86. The molecule has 7 heteroatoms. The molecule has 0 bridgehead atoms. The zero-order valence-electron chi connectivity index (χ0n) is 14.5. The summed E-state index contributed by atoms with van der Waals surface area (Å²) >= 11 is 0. The van der Waals surface area contributed by atoms with Crippen molar-refractivity contribution in [2.75, 3.05) is 7.11 Å². The van der Waals surface area contributed by atoms with Crippen LogP contribution in [0.3, 0.4) is 0 Å². The minimum absolute atomic E-state index is 0.126. The highest BCUT2D eigenvalue weighted by Gasteiger charge is 2.27. The zero-order chi connectivity index (χ0) is 18.3. The van der Waals surface area contributed by atoms with E-state index in [2.05, 4.69) is 10.6 Å². The summed E-state index contributed by atoms with van der Waals surface area (Å²) in [6, 6.07) is 5.57. The second-order valence-electron chi connectivity index (χ2n) is 5.94. The molecule has 4 N–H and O–H groups in total. The van der Waals surface area contributed by atoms with E-state index in [1.165, 1.54) is 6.92 Å². The van der Waals surface area contributed by atoms with Gasteiger partial charge in [-0.3, -0.25) is 14.4 Å². The summed E-state index contributed by atoms with van der Waals surface area (Å²) in [5.41, 5.74) is 6.21. The Labute approximate surface area is 141 Å². The molecule has 0 fully saturated rings. The minimum Gasteiger partial charge on any atom is -0.497 e. The number of benzene rings is 1. The minimum atomic E-state index is -0.875. The largest absolute Gasteiger partial charge is 0.497 e. The molecule has 0 heterocycles. The molecule has 1 aromatic rings. The van der Waals surface area contributed by atoms with Gasteiger partial charge in [-0.15, -0.1) is 0 Å². The Morgan fingerprint density at radius 1 is 1.21 bits per heavy atom. The molecule has 0 saturated heterocycles. The first kappa shape index (κ1) is 19.5. The van der Waals surface area contributed by atoms with Crippen LogP contribution >= 0.6 is 0 Å². The molecule has 0 aliphatic carbocycles. The number of nitrogens with two attached hydrogens (primary N) is 1. The van der Waals surface area contributed by atoms with Crippen molar-refractivity contribution >= 4 is 17.7 Å². The van der Waals surface area contributed by atoms with Crippen LogP contribution in [0.25, 0.3) is 0 Å². The fourth-order valence-electron chi connectivity index (χ4n) is 2.27. The number of ether oxygens (including phenoxy) is 1. The average molecular weight is 335 g/mol. The lowest BCUT2D eigenvalue weighted by Crippen LogP contribution is -2.55. The number of nitrogens with one attached hydrogen (secondary N) is 2. The second kappa shape index (κ2) is 8.90. The van der Waals surface area contributed by atoms with Crippen molar-refractivity contribution in [1.29, 1.82) is 0 Å². The van der Waals surface area contributed by atoms with Crippen LogP contribution in [0.5, 0.6) is 5.75 Å². The van der Waals surface area contributed by atoms with E-state index in [-0.39, 0.29) is 18.2 Å². The van der Waals surface area contributed by atoms with Gasteiger partial charge in [-0.05, 0) is 23.6 Å². The van der Waals surface area contributed by atoms with E-state index < -0.39 is 23.9 Å². The van der Waals surface area contributed by atoms with E-state index in [9.17, 15) is 14.4 Å². The molecule has 3 amide bonds. The number of rotatable bonds is 8. The predicted molar refractivity (Wildman–Crippen MR) is 90.3 cm³/mol. The monoisotopic (exact) mass is 335 g/mol. The molecule has 0 aliphatic rings. The van der Waals surface area contributed by atoms with Crippen LogP contribution in [-0.4, -0.2) is 36.9 Å². The third kappa shape index (κ3) is 5.91. The Hall–Kier alpha value is -2.57. The van der Waals surface area contributed by atoms with Gasteiger partial charge in [0.15, 0.2) is 0 Å². The zero-order valence-corrected chi connectivity index (χ0v) is 14.5. The lowest BCUT2D eigenvalue weighted by Gasteiger charge is -2.24. The van der Waals surface area contributed by atoms with Gasteiger partial charge >= 0.3 is 0 Å². The summed E-state index contributed by atoms with van der Waals surface area (Å²) in [4.78, 5) is 35.3. The third-order valence-corrected chi connectivity index (χ3v) is 3.54. The smallest absolute Gasteiger partial charge is 0.243 e. The maximum absolute atomic E-state index is 12.4. The topological polar surface area (TPSA) is 111 Å². The highest BCUT2D eigenvalue weighted by molar-refractivity contribution is 5.91. The van der Waals surface area contributed by atoms with Crippen LogP contribution in [0.1, 0.15) is 26.3 Å². The average Bonchev–Trinajstić information content (AvgIpc) is 2.51. The van der Waals surface area contributed by atoms with Crippen molar-refractivity contribution in [3.05, 3.63) is 29.8 Å². The van der Waals surface area contributed by atoms with Crippen molar-refractivity contribution in [3.63, 3.8) is 0 Å². The highest BCUT2D eigenvalue weighted by Crippen LogP contribution is 2.14.